The Kier molecular flexibility index (Phi) is 4.25. The molecule has 0 aliphatic carbocycles. The molecule has 2 amide bonds. The van der Waals surface area contributed by atoms with Crippen LogP contribution in [0.4, 0.5) is 0 Å². The molecule has 1 aromatic heterocycles. The van der Waals surface area contributed by atoms with Crippen molar-refractivity contribution in [3.05, 3.63) is 39.7 Å². The molecule has 0 aliphatic rings. The molecule has 7 nitrogen and oxygen atoms in total. The second-order valence-electron chi connectivity index (χ2n) is 5.29. The number of fused-ring (bicyclic) bond motifs is 1. The minimum atomic E-state index is -0.654. The lowest BCUT2D eigenvalue weighted by molar-refractivity contribution is -0.127. The van der Waals surface area contributed by atoms with E-state index in [-0.39, 0.29) is 18.1 Å². The molecule has 0 fully saturated rings. The van der Waals surface area contributed by atoms with Gasteiger partial charge in [-0.3, -0.25) is 19.1 Å². The van der Waals surface area contributed by atoms with Gasteiger partial charge in [0.2, 0.25) is 11.3 Å². The third-order valence-corrected chi connectivity index (χ3v) is 3.32. The minimum Gasteiger partial charge on any atom is -0.347 e. The Balaban J connectivity index is 2.39. The molecule has 0 bridgehead atoms. The lowest BCUT2D eigenvalue weighted by Gasteiger charge is -2.11. The van der Waals surface area contributed by atoms with Crippen LogP contribution in [0.3, 0.4) is 0 Å². The molecule has 2 rings (SSSR count). The molecule has 1 heterocycles. The Bertz CT molecular complexity index is 808. The first-order valence-corrected chi connectivity index (χ1v) is 6.77. The highest BCUT2D eigenvalue weighted by Gasteiger charge is 2.17. The molecule has 0 radical (unpaired) electrons. The van der Waals surface area contributed by atoms with Crippen LogP contribution < -0.4 is 10.7 Å². The molecule has 1 aromatic carbocycles. The smallest absolute Gasteiger partial charge is 0.276 e. The van der Waals surface area contributed by atoms with Gasteiger partial charge in [0, 0.05) is 21.1 Å². The number of benzene rings is 1. The molecule has 0 aliphatic heterocycles. The van der Waals surface area contributed by atoms with Gasteiger partial charge in [0.15, 0.2) is 5.69 Å². The Morgan fingerprint density at radius 2 is 2.00 bits per heavy atom. The quantitative estimate of drug-likeness (QED) is 0.869. The van der Waals surface area contributed by atoms with E-state index in [9.17, 15) is 14.4 Å². The second kappa shape index (κ2) is 5.97. The highest BCUT2D eigenvalue weighted by atomic mass is 16.2. The van der Waals surface area contributed by atoms with Gasteiger partial charge in [-0.2, -0.15) is 5.10 Å². The number of nitrogens with zero attached hydrogens (tertiary/aromatic N) is 3. The lowest BCUT2D eigenvalue weighted by Crippen LogP contribution is -2.38. The molecule has 2 aromatic rings. The normalized spacial score (nSPS) is 10.5. The number of hydrogen-bond donors (Lipinski definition) is 1. The summed E-state index contributed by atoms with van der Waals surface area (Å²) in [5, 5.41) is 6.87. The van der Waals surface area contributed by atoms with Crippen molar-refractivity contribution in [2.75, 3.05) is 20.6 Å². The third kappa shape index (κ3) is 2.98. The topological polar surface area (TPSA) is 84.3 Å². The molecule has 0 spiro atoms. The van der Waals surface area contributed by atoms with Crippen molar-refractivity contribution in [3.63, 3.8) is 0 Å². The first-order chi connectivity index (χ1) is 10.3. The highest BCUT2D eigenvalue weighted by Crippen LogP contribution is 2.11. The predicted molar refractivity (Wildman–Crippen MR) is 82.7 cm³/mol. The summed E-state index contributed by atoms with van der Waals surface area (Å²) in [6.07, 6.45) is 0. The van der Waals surface area contributed by atoms with Crippen LogP contribution in [0.5, 0.6) is 0 Å². The fourth-order valence-electron chi connectivity index (χ4n) is 2.04. The molecule has 7 heteroatoms. The van der Waals surface area contributed by atoms with Gasteiger partial charge in [-0.05, 0) is 19.1 Å². The predicted octanol–water partition coefficient (Wildman–Crippen LogP) is 0.0599. The Hall–Kier alpha value is -2.70. The van der Waals surface area contributed by atoms with E-state index in [1.807, 2.05) is 13.0 Å². The minimum absolute atomic E-state index is 0.178. The fraction of sp³-hybridized carbons (Fsp3) is 0.333. The standard InChI is InChI=1S/C15H18N4O3/c1-9-5-6-11-10(7-9)14(21)13(17-19(11)4)15(22)16-8-12(20)18(2)3/h5-7H,8H2,1-4H3,(H,16,22). The summed E-state index contributed by atoms with van der Waals surface area (Å²) in [5.74, 6) is -0.916. The number of amides is 2. The summed E-state index contributed by atoms with van der Waals surface area (Å²) in [7, 11) is 4.84. The molecule has 0 unspecified atom stereocenters. The monoisotopic (exact) mass is 302 g/mol. The van der Waals surface area contributed by atoms with E-state index in [4.69, 9.17) is 0 Å². The van der Waals surface area contributed by atoms with Gasteiger partial charge in [0.05, 0.1) is 17.4 Å². The van der Waals surface area contributed by atoms with E-state index in [1.165, 1.54) is 9.58 Å². The van der Waals surface area contributed by atoms with Crippen molar-refractivity contribution in [3.8, 4) is 0 Å². The van der Waals surface area contributed by atoms with Crippen LogP contribution in [0.25, 0.3) is 10.9 Å². The summed E-state index contributed by atoms with van der Waals surface area (Å²) in [6.45, 7) is 1.69. The van der Waals surface area contributed by atoms with E-state index in [0.29, 0.717) is 10.9 Å². The SMILES string of the molecule is Cc1ccc2c(c1)c(=O)c(C(=O)NCC(=O)N(C)C)nn2C. The zero-order valence-electron chi connectivity index (χ0n) is 13.0. The van der Waals surface area contributed by atoms with Crippen molar-refractivity contribution < 1.29 is 9.59 Å². The molecular formula is C15H18N4O3. The summed E-state index contributed by atoms with van der Waals surface area (Å²) < 4.78 is 1.48. The Morgan fingerprint density at radius 1 is 1.32 bits per heavy atom. The molecule has 0 saturated heterocycles. The van der Waals surface area contributed by atoms with E-state index in [2.05, 4.69) is 10.4 Å². The molecule has 0 atom stereocenters. The van der Waals surface area contributed by atoms with Crippen LogP contribution in [-0.2, 0) is 11.8 Å². The number of rotatable bonds is 3. The first-order valence-electron chi connectivity index (χ1n) is 6.77. The summed E-state index contributed by atoms with van der Waals surface area (Å²) in [6, 6.07) is 5.39. The van der Waals surface area contributed by atoms with E-state index in [1.54, 1.807) is 33.3 Å². The number of carbonyl (C=O) groups excluding carboxylic acids is 2. The number of hydrogen-bond acceptors (Lipinski definition) is 4. The average molecular weight is 302 g/mol. The van der Waals surface area contributed by atoms with Crippen molar-refractivity contribution in [2.24, 2.45) is 7.05 Å². The van der Waals surface area contributed by atoms with Crippen LogP contribution in [0.2, 0.25) is 0 Å². The fourth-order valence-corrected chi connectivity index (χ4v) is 2.04. The maximum Gasteiger partial charge on any atom is 0.276 e. The number of likely N-dealkylation sites (N-methyl/N-ethyl adjacent to an activating group) is 1. The number of aryl methyl sites for hydroxylation is 2. The van der Waals surface area contributed by atoms with Gasteiger partial charge >= 0.3 is 0 Å². The number of carbonyl (C=O) groups is 2. The van der Waals surface area contributed by atoms with Crippen LogP contribution in [0.15, 0.2) is 23.0 Å². The van der Waals surface area contributed by atoms with Gasteiger partial charge in [-0.1, -0.05) is 11.6 Å². The van der Waals surface area contributed by atoms with Crippen LogP contribution in [0, 0.1) is 6.92 Å². The lowest BCUT2D eigenvalue weighted by atomic mass is 10.1. The molecule has 0 saturated carbocycles. The highest BCUT2D eigenvalue weighted by molar-refractivity contribution is 5.97. The zero-order chi connectivity index (χ0) is 16.4. The number of nitrogens with one attached hydrogen (secondary N) is 1. The number of aromatic nitrogens is 2. The van der Waals surface area contributed by atoms with Crippen LogP contribution >= 0.6 is 0 Å². The zero-order valence-corrected chi connectivity index (χ0v) is 13.0. The van der Waals surface area contributed by atoms with Gasteiger partial charge in [0.25, 0.3) is 5.91 Å². The first kappa shape index (κ1) is 15.7. The van der Waals surface area contributed by atoms with Crippen LogP contribution in [0.1, 0.15) is 16.1 Å². The molecule has 1 N–H and O–H groups in total. The third-order valence-electron chi connectivity index (χ3n) is 3.32. The van der Waals surface area contributed by atoms with E-state index >= 15 is 0 Å². The Morgan fingerprint density at radius 3 is 2.64 bits per heavy atom. The summed E-state index contributed by atoms with van der Waals surface area (Å²) in [4.78, 5) is 37.4. The maximum absolute atomic E-state index is 12.4. The van der Waals surface area contributed by atoms with Gasteiger partial charge in [-0.15, -0.1) is 0 Å². The largest absolute Gasteiger partial charge is 0.347 e. The van der Waals surface area contributed by atoms with Crippen molar-refractivity contribution in [2.45, 2.75) is 6.92 Å². The summed E-state index contributed by atoms with van der Waals surface area (Å²) >= 11 is 0. The average Bonchev–Trinajstić information content (AvgIpc) is 2.47. The van der Waals surface area contributed by atoms with Gasteiger partial charge < -0.3 is 10.2 Å². The van der Waals surface area contributed by atoms with E-state index in [0.717, 1.165) is 5.56 Å². The van der Waals surface area contributed by atoms with Crippen LogP contribution in [-0.4, -0.2) is 47.1 Å². The summed E-state index contributed by atoms with van der Waals surface area (Å²) in [5.41, 5.74) is 0.917. The van der Waals surface area contributed by atoms with Crippen molar-refractivity contribution in [1.82, 2.24) is 20.0 Å². The maximum atomic E-state index is 12.4. The van der Waals surface area contributed by atoms with Gasteiger partial charge in [0.1, 0.15) is 0 Å². The molecule has 22 heavy (non-hydrogen) atoms. The van der Waals surface area contributed by atoms with E-state index < -0.39 is 11.3 Å². The molecule has 116 valence electrons. The second-order valence-corrected chi connectivity index (χ2v) is 5.29. The molecular weight excluding hydrogens is 284 g/mol. The van der Waals surface area contributed by atoms with Crippen molar-refractivity contribution in [1.29, 1.82) is 0 Å². The van der Waals surface area contributed by atoms with Gasteiger partial charge in [-0.25, -0.2) is 0 Å². The van der Waals surface area contributed by atoms with Crippen molar-refractivity contribution >= 4 is 22.7 Å². The Labute approximate surface area is 127 Å².